The molecule has 0 aromatic carbocycles. The van der Waals surface area contributed by atoms with Gasteiger partial charge >= 0.3 is 0 Å². The summed E-state index contributed by atoms with van der Waals surface area (Å²) in [6.07, 6.45) is 4.87. The fourth-order valence-electron chi connectivity index (χ4n) is 1.64. The van der Waals surface area contributed by atoms with Gasteiger partial charge in [-0.2, -0.15) is 0 Å². The average Bonchev–Trinajstić information content (AvgIpc) is 2.43. The van der Waals surface area contributed by atoms with Gasteiger partial charge < -0.3 is 0 Å². The summed E-state index contributed by atoms with van der Waals surface area (Å²) in [6, 6.07) is 0. The Kier molecular flexibility index (Phi) is 1.89. The lowest BCUT2D eigenvalue weighted by molar-refractivity contribution is 0.487. The lowest BCUT2D eigenvalue weighted by atomic mass is 10.00. The van der Waals surface area contributed by atoms with E-state index in [1.807, 2.05) is 0 Å². The third kappa shape index (κ3) is 1.42. The molecule has 1 rings (SSSR count). The molecule has 0 nitrogen and oxygen atoms in total. The Morgan fingerprint density at radius 1 is 1.70 bits per heavy atom. The molecule has 0 aliphatic heterocycles. The van der Waals surface area contributed by atoms with Gasteiger partial charge in [0.15, 0.2) is 0 Å². The van der Waals surface area contributed by atoms with E-state index in [9.17, 15) is 0 Å². The third-order valence-corrected chi connectivity index (χ3v) is 2.68. The zero-order valence-electron chi connectivity index (χ0n) is 7.35. The molecular formula is C10H18. The Labute approximate surface area is 64.3 Å². The summed E-state index contributed by atoms with van der Waals surface area (Å²) >= 11 is 0. The molecule has 0 bridgehead atoms. The zero-order valence-corrected chi connectivity index (χ0v) is 7.35. The minimum Gasteiger partial charge on any atom is -0.103 e. The second kappa shape index (κ2) is 2.41. The monoisotopic (exact) mass is 138 g/mol. The van der Waals surface area contributed by atoms with Gasteiger partial charge in [0.1, 0.15) is 0 Å². The minimum atomic E-state index is 0.504. The Morgan fingerprint density at radius 3 is 2.60 bits per heavy atom. The molecule has 1 saturated carbocycles. The van der Waals surface area contributed by atoms with Crippen molar-refractivity contribution in [1.82, 2.24) is 0 Å². The van der Waals surface area contributed by atoms with Gasteiger partial charge in [0.25, 0.3) is 0 Å². The van der Waals surface area contributed by atoms with E-state index in [0.717, 1.165) is 11.8 Å². The Morgan fingerprint density at radius 2 is 2.30 bits per heavy atom. The van der Waals surface area contributed by atoms with Crippen LogP contribution in [0.1, 0.15) is 33.6 Å². The largest absolute Gasteiger partial charge is 0.103 e. The topological polar surface area (TPSA) is 0 Å². The van der Waals surface area contributed by atoms with E-state index >= 15 is 0 Å². The highest BCUT2D eigenvalue weighted by atomic mass is 14.5. The molecule has 0 heterocycles. The first-order chi connectivity index (χ1) is 4.58. The second-order valence-electron chi connectivity index (χ2n) is 4.24. The Hall–Kier alpha value is -0.260. The summed E-state index contributed by atoms with van der Waals surface area (Å²) in [5, 5.41) is 0. The average molecular weight is 138 g/mol. The summed E-state index contributed by atoms with van der Waals surface area (Å²) in [5.41, 5.74) is 0.504. The Bertz CT molecular complexity index is 135. The van der Waals surface area contributed by atoms with Gasteiger partial charge in [-0.3, -0.25) is 0 Å². The lowest BCUT2D eigenvalue weighted by Crippen LogP contribution is -1.96. The molecule has 1 aliphatic carbocycles. The number of hydrogen-bond donors (Lipinski definition) is 0. The smallest absolute Gasteiger partial charge is 0.0118 e. The van der Waals surface area contributed by atoms with Crippen molar-refractivity contribution in [2.75, 3.05) is 0 Å². The van der Waals surface area contributed by atoms with Gasteiger partial charge in [-0.15, -0.1) is 6.58 Å². The van der Waals surface area contributed by atoms with E-state index in [-0.39, 0.29) is 0 Å². The van der Waals surface area contributed by atoms with Crippen molar-refractivity contribution in [1.29, 1.82) is 0 Å². The number of allylic oxidation sites excluding steroid dienone is 1. The van der Waals surface area contributed by atoms with Crippen LogP contribution in [0.5, 0.6) is 0 Å². The summed E-state index contributed by atoms with van der Waals surface area (Å²) < 4.78 is 0. The highest BCUT2D eigenvalue weighted by molar-refractivity contribution is 5.09. The van der Waals surface area contributed by atoms with Crippen LogP contribution in [0.15, 0.2) is 12.7 Å². The van der Waals surface area contributed by atoms with E-state index in [1.165, 1.54) is 12.8 Å². The van der Waals surface area contributed by atoms with Crippen molar-refractivity contribution >= 4 is 0 Å². The first kappa shape index (κ1) is 7.84. The van der Waals surface area contributed by atoms with Crippen LogP contribution in [-0.4, -0.2) is 0 Å². The molecule has 2 unspecified atom stereocenters. The molecule has 1 fully saturated rings. The predicted molar refractivity (Wildman–Crippen MR) is 45.9 cm³/mol. The summed E-state index contributed by atoms with van der Waals surface area (Å²) in [5.74, 6) is 1.79. The van der Waals surface area contributed by atoms with Crippen molar-refractivity contribution in [3.8, 4) is 0 Å². The summed E-state index contributed by atoms with van der Waals surface area (Å²) in [4.78, 5) is 0. The third-order valence-electron chi connectivity index (χ3n) is 2.68. The molecule has 0 saturated heterocycles. The quantitative estimate of drug-likeness (QED) is 0.525. The van der Waals surface area contributed by atoms with Crippen molar-refractivity contribution in [2.24, 2.45) is 17.3 Å². The van der Waals surface area contributed by atoms with Crippen molar-refractivity contribution in [3.63, 3.8) is 0 Å². The highest BCUT2D eigenvalue weighted by Crippen LogP contribution is 2.55. The van der Waals surface area contributed by atoms with Crippen molar-refractivity contribution in [3.05, 3.63) is 12.7 Å². The van der Waals surface area contributed by atoms with Gasteiger partial charge in [-0.05, 0) is 30.1 Å². The van der Waals surface area contributed by atoms with E-state index in [2.05, 4.69) is 33.4 Å². The van der Waals surface area contributed by atoms with E-state index in [0.29, 0.717) is 5.41 Å². The molecule has 10 heavy (non-hydrogen) atoms. The summed E-state index contributed by atoms with van der Waals surface area (Å²) in [6.45, 7) is 10.8. The first-order valence-corrected chi connectivity index (χ1v) is 4.22. The summed E-state index contributed by atoms with van der Waals surface area (Å²) in [7, 11) is 0. The molecule has 0 spiro atoms. The van der Waals surface area contributed by atoms with Crippen LogP contribution < -0.4 is 0 Å². The van der Waals surface area contributed by atoms with Crippen LogP contribution in [0.25, 0.3) is 0 Å². The first-order valence-electron chi connectivity index (χ1n) is 4.22. The number of rotatable bonds is 3. The molecule has 0 aromatic rings. The van der Waals surface area contributed by atoms with E-state index in [4.69, 9.17) is 0 Å². The van der Waals surface area contributed by atoms with Crippen LogP contribution in [0.4, 0.5) is 0 Å². The van der Waals surface area contributed by atoms with Crippen LogP contribution in [0, 0.1) is 17.3 Å². The molecule has 0 aromatic heterocycles. The molecule has 0 heteroatoms. The van der Waals surface area contributed by atoms with Gasteiger partial charge in [0.2, 0.25) is 0 Å². The van der Waals surface area contributed by atoms with Gasteiger partial charge in [0, 0.05) is 0 Å². The van der Waals surface area contributed by atoms with Gasteiger partial charge in [-0.25, -0.2) is 0 Å². The van der Waals surface area contributed by atoms with Crippen LogP contribution >= 0.6 is 0 Å². The molecule has 58 valence electrons. The van der Waals surface area contributed by atoms with Crippen molar-refractivity contribution in [2.45, 2.75) is 33.6 Å². The van der Waals surface area contributed by atoms with Gasteiger partial charge in [-0.1, -0.05) is 26.8 Å². The van der Waals surface area contributed by atoms with Gasteiger partial charge in [0.05, 0.1) is 0 Å². The van der Waals surface area contributed by atoms with Crippen LogP contribution in [-0.2, 0) is 0 Å². The fourth-order valence-corrected chi connectivity index (χ4v) is 1.64. The number of hydrogen-bond acceptors (Lipinski definition) is 0. The molecule has 0 amide bonds. The highest BCUT2D eigenvalue weighted by Gasteiger charge is 2.46. The molecule has 0 radical (unpaired) electrons. The zero-order chi connectivity index (χ0) is 7.78. The molecule has 0 N–H and O–H groups in total. The maximum Gasteiger partial charge on any atom is -0.0118 e. The Balaban J connectivity index is 2.31. The van der Waals surface area contributed by atoms with Crippen molar-refractivity contribution < 1.29 is 0 Å². The standard InChI is InChI=1S/C10H18/c1-5-10(4)7-9(10)6-8(2)3/h5,8-9H,1,6-7H2,2-4H3. The van der Waals surface area contributed by atoms with Crippen LogP contribution in [0.3, 0.4) is 0 Å². The maximum atomic E-state index is 3.85. The molecule has 1 aliphatic rings. The second-order valence-corrected chi connectivity index (χ2v) is 4.24. The van der Waals surface area contributed by atoms with E-state index in [1.54, 1.807) is 0 Å². The molecular weight excluding hydrogens is 120 g/mol. The van der Waals surface area contributed by atoms with E-state index < -0.39 is 0 Å². The maximum absolute atomic E-state index is 3.85. The minimum absolute atomic E-state index is 0.504. The molecule has 2 atom stereocenters. The fraction of sp³-hybridized carbons (Fsp3) is 0.800. The van der Waals surface area contributed by atoms with Crippen LogP contribution in [0.2, 0.25) is 0 Å². The predicted octanol–water partition coefficient (Wildman–Crippen LogP) is 3.24. The normalized spacial score (nSPS) is 38.2. The SMILES string of the molecule is C=CC1(C)CC1CC(C)C. The lowest BCUT2D eigenvalue weighted by Gasteiger charge is -2.06.